The molecule has 3 rings (SSSR count). The molecule has 110 valence electrons. The van der Waals surface area contributed by atoms with Crippen molar-refractivity contribution in [2.75, 3.05) is 6.54 Å². The Labute approximate surface area is 120 Å². The predicted molar refractivity (Wildman–Crippen MR) is 74.1 cm³/mol. The van der Waals surface area contributed by atoms with Crippen LogP contribution in [0.5, 0.6) is 0 Å². The molecule has 2 heterocycles. The maximum Gasteiger partial charge on any atom is 0.270 e. The number of nitrogens with one attached hydrogen (secondary N) is 2. The lowest BCUT2D eigenvalue weighted by molar-refractivity contribution is 0.0948. The zero-order valence-corrected chi connectivity index (χ0v) is 11.7. The lowest BCUT2D eigenvalue weighted by Crippen LogP contribution is -2.28. The van der Waals surface area contributed by atoms with E-state index in [1.54, 1.807) is 13.1 Å². The van der Waals surface area contributed by atoms with Gasteiger partial charge >= 0.3 is 0 Å². The maximum atomic E-state index is 12.0. The van der Waals surface area contributed by atoms with Crippen molar-refractivity contribution in [1.29, 1.82) is 0 Å². The Kier molecular flexibility index (Phi) is 3.55. The summed E-state index contributed by atoms with van der Waals surface area (Å²) in [6.45, 7) is 2.17. The van der Waals surface area contributed by atoms with E-state index < -0.39 is 0 Å². The van der Waals surface area contributed by atoms with Crippen LogP contribution in [-0.4, -0.2) is 27.4 Å². The van der Waals surface area contributed by atoms with Crippen LogP contribution in [0.2, 0.25) is 0 Å². The first kappa shape index (κ1) is 13.5. The fraction of sp³-hybridized carbons (Fsp3) is 0.429. The van der Waals surface area contributed by atoms with Crippen molar-refractivity contribution in [3.05, 3.63) is 45.8 Å². The molecule has 0 bridgehead atoms. The number of hydrogen-bond acceptors (Lipinski definition) is 5. The van der Waals surface area contributed by atoms with Crippen molar-refractivity contribution in [1.82, 2.24) is 20.3 Å². The van der Waals surface area contributed by atoms with E-state index in [1.165, 1.54) is 6.07 Å². The third kappa shape index (κ3) is 3.36. The third-order valence-corrected chi connectivity index (χ3v) is 3.28. The number of aryl methyl sites for hydroxylation is 1. The highest BCUT2D eigenvalue weighted by Crippen LogP contribution is 2.37. The molecule has 2 N–H and O–H groups in total. The van der Waals surface area contributed by atoms with Crippen molar-refractivity contribution in [3.8, 4) is 0 Å². The van der Waals surface area contributed by atoms with Crippen molar-refractivity contribution in [2.24, 2.45) is 0 Å². The second-order valence-electron chi connectivity index (χ2n) is 5.14. The van der Waals surface area contributed by atoms with Gasteiger partial charge in [-0.3, -0.25) is 9.59 Å². The molecule has 1 amide bonds. The number of H-pyrrole nitrogens is 1. The Morgan fingerprint density at radius 2 is 2.33 bits per heavy atom. The second-order valence-corrected chi connectivity index (χ2v) is 5.14. The highest BCUT2D eigenvalue weighted by atomic mass is 16.4. The van der Waals surface area contributed by atoms with Crippen LogP contribution in [0.3, 0.4) is 0 Å². The van der Waals surface area contributed by atoms with Gasteiger partial charge in [0, 0.05) is 31.9 Å². The summed E-state index contributed by atoms with van der Waals surface area (Å²) in [7, 11) is 0. The van der Waals surface area contributed by atoms with Crippen molar-refractivity contribution in [2.45, 2.75) is 32.1 Å². The summed E-state index contributed by atoms with van der Waals surface area (Å²) >= 11 is 0. The number of rotatable bonds is 5. The van der Waals surface area contributed by atoms with Gasteiger partial charge in [0.25, 0.3) is 11.5 Å². The smallest absolute Gasteiger partial charge is 0.270 e. The van der Waals surface area contributed by atoms with Gasteiger partial charge in [-0.05, 0) is 12.8 Å². The monoisotopic (exact) mass is 288 g/mol. The Morgan fingerprint density at radius 1 is 1.52 bits per heavy atom. The molecule has 0 saturated heterocycles. The molecule has 0 radical (unpaired) electrons. The first-order valence-corrected chi connectivity index (χ1v) is 6.92. The summed E-state index contributed by atoms with van der Waals surface area (Å²) in [6.07, 6.45) is 4.21. The van der Waals surface area contributed by atoms with Crippen LogP contribution >= 0.6 is 0 Å². The number of amides is 1. The van der Waals surface area contributed by atoms with Gasteiger partial charge in [0.2, 0.25) is 0 Å². The second kappa shape index (κ2) is 5.51. The average Bonchev–Trinajstić information content (AvgIpc) is 3.22. The number of nitrogens with zero attached hydrogens (tertiary/aromatic N) is 2. The van der Waals surface area contributed by atoms with Crippen LogP contribution < -0.4 is 10.9 Å². The molecule has 7 nitrogen and oxygen atoms in total. The van der Waals surface area contributed by atoms with E-state index in [9.17, 15) is 9.59 Å². The molecule has 1 fully saturated rings. The van der Waals surface area contributed by atoms with Gasteiger partial charge in [-0.1, -0.05) is 0 Å². The Morgan fingerprint density at radius 3 is 3.00 bits per heavy atom. The molecule has 7 heteroatoms. The number of oxazole rings is 1. The van der Waals surface area contributed by atoms with E-state index >= 15 is 0 Å². The molecule has 0 atom stereocenters. The number of aromatic amines is 1. The number of carbonyl (C=O) groups excluding carboxylic acids is 1. The fourth-order valence-corrected chi connectivity index (χ4v) is 2.05. The summed E-state index contributed by atoms with van der Waals surface area (Å²) in [5, 5.41) is 2.73. The minimum absolute atomic E-state index is 0.161. The van der Waals surface area contributed by atoms with Crippen LogP contribution in [0.25, 0.3) is 0 Å². The SMILES string of the molecule is Cc1ncc(CCNC(=O)c2cc(=O)[nH]c(C3CC3)n2)o1. The molecule has 1 saturated carbocycles. The summed E-state index contributed by atoms with van der Waals surface area (Å²) in [4.78, 5) is 34.4. The summed E-state index contributed by atoms with van der Waals surface area (Å²) < 4.78 is 5.32. The van der Waals surface area contributed by atoms with Crippen molar-refractivity contribution >= 4 is 5.91 Å². The average molecular weight is 288 g/mol. The predicted octanol–water partition coefficient (Wildman–Crippen LogP) is 0.916. The molecular formula is C14H16N4O3. The zero-order valence-electron chi connectivity index (χ0n) is 11.7. The minimum atomic E-state index is -0.348. The molecule has 2 aromatic heterocycles. The van der Waals surface area contributed by atoms with Crippen molar-refractivity contribution in [3.63, 3.8) is 0 Å². The Balaban J connectivity index is 1.61. The highest BCUT2D eigenvalue weighted by Gasteiger charge is 2.27. The van der Waals surface area contributed by atoms with Gasteiger partial charge in [0.15, 0.2) is 5.89 Å². The van der Waals surface area contributed by atoms with Crippen LogP contribution in [0, 0.1) is 6.92 Å². The molecular weight excluding hydrogens is 272 g/mol. The topological polar surface area (TPSA) is 101 Å². The molecule has 2 aromatic rings. The fourth-order valence-electron chi connectivity index (χ4n) is 2.05. The van der Waals surface area contributed by atoms with Gasteiger partial charge in [0.1, 0.15) is 17.3 Å². The molecule has 0 aromatic carbocycles. The lowest BCUT2D eigenvalue weighted by atomic mass is 10.3. The largest absolute Gasteiger partial charge is 0.446 e. The zero-order chi connectivity index (χ0) is 14.8. The van der Waals surface area contributed by atoms with Crippen LogP contribution in [0.15, 0.2) is 21.5 Å². The molecule has 1 aliphatic carbocycles. The van der Waals surface area contributed by atoms with Crippen LogP contribution in [-0.2, 0) is 6.42 Å². The summed E-state index contributed by atoms with van der Waals surface area (Å²) in [6, 6.07) is 1.22. The van der Waals surface area contributed by atoms with E-state index in [2.05, 4.69) is 20.3 Å². The van der Waals surface area contributed by atoms with E-state index in [0.29, 0.717) is 36.4 Å². The van der Waals surface area contributed by atoms with Gasteiger partial charge in [-0.25, -0.2) is 9.97 Å². The number of hydrogen-bond donors (Lipinski definition) is 2. The van der Waals surface area contributed by atoms with E-state index in [4.69, 9.17) is 4.42 Å². The minimum Gasteiger partial charge on any atom is -0.446 e. The molecule has 0 unspecified atom stereocenters. The highest BCUT2D eigenvalue weighted by molar-refractivity contribution is 5.92. The number of aromatic nitrogens is 3. The van der Waals surface area contributed by atoms with Crippen molar-refractivity contribution < 1.29 is 9.21 Å². The maximum absolute atomic E-state index is 12.0. The Hall–Kier alpha value is -2.44. The van der Waals surface area contributed by atoms with Gasteiger partial charge < -0.3 is 14.7 Å². The van der Waals surface area contributed by atoms with E-state index in [1.807, 2.05) is 0 Å². The van der Waals surface area contributed by atoms with Gasteiger partial charge in [-0.15, -0.1) is 0 Å². The van der Waals surface area contributed by atoms with Gasteiger partial charge in [-0.2, -0.15) is 0 Å². The normalized spacial score (nSPS) is 14.1. The number of carbonyl (C=O) groups is 1. The van der Waals surface area contributed by atoms with Gasteiger partial charge in [0.05, 0.1) is 6.20 Å². The summed E-state index contributed by atoms with van der Waals surface area (Å²) in [5.74, 6) is 1.87. The first-order valence-electron chi connectivity index (χ1n) is 6.92. The quantitative estimate of drug-likeness (QED) is 0.851. The van der Waals surface area contributed by atoms with E-state index in [0.717, 1.165) is 12.8 Å². The van der Waals surface area contributed by atoms with E-state index in [-0.39, 0.29) is 17.2 Å². The molecule has 1 aliphatic rings. The third-order valence-electron chi connectivity index (χ3n) is 3.28. The summed E-state index contributed by atoms with van der Waals surface area (Å²) in [5.41, 5.74) is -0.127. The molecule has 0 aliphatic heterocycles. The standard InChI is InChI=1S/C14H16N4O3/c1-8-16-7-10(21-8)4-5-15-14(20)11-6-12(19)18-13(17-11)9-2-3-9/h6-7,9H,2-5H2,1H3,(H,15,20)(H,17,18,19). The first-order chi connectivity index (χ1) is 10.1. The van der Waals surface area contributed by atoms with Crippen LogP contribution in [0.4, 0.5) is 0 Å². The molecule has 21 heavy (non-hydrogen) atoms. The Bertz CT molecular complexity index is 715. The van der Waals surface area contributed by atoms with Crippen LogP contribution in [0.1, 0.15) is 46.7 Å². The lowest BCUT2D eigenvalue weighted by Gasteiger charge is -2.04. The molecule has 0 spiro atoms.